The molecule has 1 aromatic carbocycles. The molecule has 2 rings (SSSR count). The molecule has 1 aromatic rings. The maximum Gasteiger partial charge on any atom is 0.242 e. The second kappa shape index (κ2) is 22.5. The van der Waals surface area contributed by atoms with Gasteiger partial charge in [0.25, 0.3) is 0 Å². The van der Waals surface area contributed by atoms with Gasteiger partial charge < -0.3 is 46.1 Å². The molecule has 0 spiro atoms. The van der Waals surface area contributed by atoms with Crippen molar-refractivity contribution in [2.45, 2.75) is 122 Å². The van der Waals surface area contributed by atoms with E-state index in [1.54, 1.807) is 0 Å². The van der Waals surface area contributed by atoms with Crippen LogP contribution in [0.25, 0.3) is 0 Å². The van der Waals surface area contributed by atoms with Gasteiger partial charge >= 0.3 is 0 Å². The predicted molar refractivity (Wildman–Crippen MR) is 176 cm³/mol. The molecule has 47 heavy (non-hydrogen) atoms. The largest absolute Gasteiger partial charge is 0.394 e. The zero-order valence-electron chi connectivity index (χ0n) is 28.1. The van der Waals surface area contributed by atoms with Gasteiger partial charge in [-0.2, -0.15) is 0 Å². The molecule has 1 saturated heterocycles. The molecule has 1 aliphatic heterocycles. The Labute approximate surface area is 278 Å². The average molecular weight is 665 g/mol. The Kier molecular flexibility index (Phi) is 19.2. The number of benzene rings is 1. The van der Waals surface area contributed by atoms with Crippen molar-refractivity contribution < 1.29 is 44.0 Å². The quantitative estimate of drug-likeness (QED) is 0.0888. The monoisotopic (exact) mass is 664 g/mol. The van der Waals surface area contributed by atoms with Crippen molar-refractivity contribution >= 4 is 23.6 Å². The Hall–Kier alpha value is -3.10. The van der Waals surface area contributed by atoms with E-state index in [2.05, 4.69) is 21.3 Å². The fourth-order valence-electron chi connectivity index (χ4n) is 5.21. The Balaban J connectivity index is 1.71. The van der Waals surface area contributed by atoms with E-state index in [-0.39, 0.29) is 30.2 Å². The summed E-state index contributed by atoms with van der Waals surface area (Å²) >= 11 is 0. The van der Waals surface area contributed by atoms with Crippen LogP contribution in [0.4, 0.5) is 0 Å². The third-order valence-corrected chi connectivity index (χ3v) is 8.28. The molecule has 0 aliphatic carbocycles. The summed E-state index contributed by atoms with van der Waals surface area (Å²) in [6.45, 7) is 5.96. The minimum absolute atomic E-state index is 0.00298. The van der Waals surface area contributed by atoms with Gasteiger partial charge in [0.2, 0.25) is 23.6 Å². The number of nitrogens with one attached hydrogen (secondary N) is 4. The van der Waals surface area contributed by atoms with Gasteiger partial charge in [0, 0.05) is 45.4 Å². The number of ether oxygens (including phenoxy) is 2. The average Bonchev–Trinajstić information content (AvgIpc) is 3.06. The summed E-state index contributed by atoms with van der Waals surface area (Å²) in [6.07, 6.45) is 1.93. The molecule has 7 atom stereocenters. The summed E-state index contributed by atoms with van der Waals surface area (Å²) < 4.78 is 11.3. The third-order valence-electron chi connectivity index (χ3n) is 8.28. The lowest BCUT2D eigenvalue weighted by atomic mass is 9.97. The van der Waals surface area contributed by atoms with Crippen LogP contribution in [-0.2, 0) is 35.1 Å². The molecule has 3 unspecified atom stereocenters. The molecule has 0 saturated carbocycles. The van der Waals surface area contributed by atoms with Gasteiger partial charge in [0.15, 0.2) is 6.29 Å². The molecule has 0 aromatic heterocycles. The second-order valence-corrected chi connectivity index (χ2v) is 12.2. The van der Waals surface area contributed by atoms with Crippen LogP contribution in [-0.4, -0.2) is 102 Å². The van der Waals surface area contributed by atoms with Crippen LogP contribution in [0.5, 0.6) is 0 Å². The van der Waals surface area contributed by atoms with Gasteiger partial charge in [0.05, 0.1) is 6.61 Å². The van der Waals surface area contributed by atoms with E-state index in [9.17, 15) is 34.5 Å². The lowest BCUT2D eigenvalue weighted by Crippen LogP contribution is -2.64. The van der Waals surface area contributed by atoms with E-state index >= 15 is 0 Å². The molecule has 0 radical (unpaired) electrons. The smallest absolute Gasteiger partial charge is 0.242 e. The van der Waals surface area contributed by atoms with Crippen LogP contribution in [0, 0.1) is 5.92 Å². The number of amides is 4. The maximum atomic E-state index is 13.1. The number of hydrogen-bond donors (Lipinski definition) is 7. The van der Waals surface area contributed by atoms with Crippen molar-refractivity contribution in [2.24, 2.45) is 5.92 Å². The van der Waals surface area contributed by atoms with Crippen molar-refractivity contribution in [3.63, 3.8) is 0 Å². The highest BCUT2D eigenvalue weighted by Gasteiger charge is 2.45. The summed E-state index contributed by atoms with van der Waals surface area (Å²) in [6, 6.07) is 7.86. The van der Waals surface area contributed by atoms with Crippen molar-refractivity contribution in [1.82, 2.24) is 21.3 Å². The van der Waals surface area contributed by atoms with Crippen molar-refractivity contribution in [1.29, 1.82) is 0 Å². The third kappa shape index (κ3) is 15.1. The van der Waals surface area contributed by atoms with Gasteiger partial charge in [-0.25, -0.2) is 0 Å². The van der Waals surface area contributed by atoms with E-state index in [4.69, 9.17) is 9.47 Å². The zero-order valence-corrected chi connectivity index (χ0v) is 28.1. The standard InChI is InChI=1S/C34H56N4O9/c1-4-23(2)32(44)35-18-13-8-11-17-28(41)38-26(21-25-15-9-7-10-16-25)33(45)36-19-12-5-6-14-20-46-34-29(37-24(3)40)31(43)30(42)27(22-39)47-34/h7,9-10,15-16,23,26-27,29-31,34,39,42-43H,4-6,8,11-14,17-22H2,1-3H3,(H,35,44)(H,36,45)(H,37,40)(H,38,41)/t23?,26-,27?,29?,30+,31+,34+/m0/s1. The van der Waals surface area contributed by atoms with Gasteiger partial charge in [-0.15, -0.1) is 0 Å². The van der Waals surface area contributed by atoms with Gasteiger partial charge in [-0.1, -0.05) is 63.4 Å². The molecule has 4 amide bonds. The second-order valence-electron chi connectivity index (χ2n) is 12.2. The van der Waals surface area contributed by atoms with E-state index < -0.39 is 49.2 Å². The minimum atomic E-state index is -1.36. The fourth-order valence-corrected chi connectivity index (χ4v) is 5.21. The summed E-state index contributed by atoms with van der Waals surface area (Å²) in [5, 5.41) is 41.2. The Morgan fingerprint density at radius 3 is 2.17 bits per heavy atom. The molecule has 1 heterocycles. The molecule has 1 fully saturated rings. The number of hydrogen-bond acceptors (Lipinski definition) is 9. The Bertz CT molecular complexity index is 1080. The van der Waals surface area contributed by atoms with Crippen molar-refractivity contribution in [2.75, 3.05) is 26.3 Å². The summed E-state index contributed by atoms with van der Waals surface area (Å²) in [7, 11) is 0. The first kappa shape index (κ1) is 40.1. The first-order valence-electron chi connectivity index (χ1n) is 17.0. The van der Waals surface area contributed by atoms with Crippen molar-refractivity contribution in [3.8, 4) is 0 Å². The van der Waals surface area contributed by atoms with E-state index in [0.717, 1.165) is 44.1 Å². The van der Waals surface area contributed by atoms with Crippen LogP contribution in [0.2, 0.25) is 0 Å². The summed E-state index contributed by atoms with van der Waals surface area (Å²) in [5.41, 5.74) is 0.944. The summed E-state index contributed by atoms with van der Waals surface area (Å²) in [5.74, 6) is -0.783. The first-order valence-corrected chi connectivity index (χ1v) is 17.0. The van der Waals surface area contributed by atoms with Crippen molar-refractivity contribution in [3.05, 3.63) is 35.9 Å². The normalized spacial score (nSPS) is 22.1. The molecule has 7 N–H and O–H groups in total. The van der Waals surface area contributed by atoms with Crippen LogP contribution in [0.1, 0.15) is 84.1 Å². The first-order chi connectivity index (χ1) is 22.6. The van der Waals surface area contributed by atoms with Crippen LogP contribution < -0.4 is 21.3 Å². The van der Waals surface area contributed by atoms with Crippen LogP contribution in [0.15, 0.2) is 30.3 Å². The molecular formula is C34H56N4O9. The molecule has 1 aliphatic rings. The number of carbonyl (C=O) groups excluding carboxylic acids is 4. The topological polar surface area (TPSA) is 196 Å². The van der Waals surface area contributed by atoms with Crippen LogP contribution >= 0.6 is 0 Å². The number of carbonyl (C=O) groups is 4. The highest BCUT2D eigenvalue weighted by molar-refractivity contribution is 5.87. The highest BCUT2D eigenvalue weighted by Crippen LogP contribution is 2.22. The predicted octanol–water partition coefficient (Wildman–Crippen LogP) is 1.07. The molecule has 13 heteroatoms. The number of aliphatic hydroxyl groups is 3. The van der Waals surface area contributed by atoms with E-state index in [0.29, 0.717) is 38.8 Å². The SMILES string of the molecule is CCC(C)C(=O)NCCCCCC(=O)N[C@@H](Cc1ccccc1)C(=O)NCCCCCCO[C@@H]1OC(CO)[C@@H](O)[C@H](O)C1NC(C)=O. The maximum absolute atomic E-state index is 13.1. The lowest BCUT2D eigenvalue weighted by Gasteiger charge is -2.42. The van der Waals surface area contributed by atoms with Gasteiger partial charge in [0.1, 0.15) is 30.4 Å². The minimum Gasteiger partial charge on any atom is -0.394 e. The Morgan fingerprint density at radius 2 is 1.53 bits per heavy atom. The fraction of sp³-hybridized carbons (Fsp3) is 0.706. The number of unbranched alkanes of at least 4 members (excludes halogenated alkanes) is 5. The number of aliphatic hydroxyl groups excluding tert-OH is 3. The number of rotatable bonds is 22. The Morgan fingerprint density at radius 1 is 0.894 bits per heavy atom. The van der Waals surface area contributed by atoms with E-state index in [1.165, 1.54) is 6.92 Å². The highest BCUT2D eigenvalue weighted by atomic mass is 16.7. The molecule has 0 bridgehead atoms. The molecule has 266 valence electrons. The summed E-state index contributed by atoms with van der Waals surface area (Å²) in [4.78, 5) is 49.2. The molecule has 13 nitrogen and oxygen atoms in total. The zero-order chi connectivity index (χ0) is 34.6. The van der Waals surface area contributed by atoms with Gasteiger partial charge in [-0.3, -0.25) is 19.2 Å². The van der Waals surface area contributed by atoms with Crippen LogP contribution in [0.3, 0.4) is 0 Å². The van der Waals surface area contributed by atoms with E-state index in [1.807, 2.05) is 44.2 Å². The van der Waals surface area contributed by atoms with Gasteiger partial charge in [-0.05, 0) is 37.7 Å². The lowest BCUT2D eigenvalue weighted by molar-refractivity contribution is -0.270. The molecular weight excluding hydrogens is 608 g/mol.